The summed E-state index contributed by atoms with van der Waals surface area (Å²) < 4.78 is 10.0. The van der Waals surface area contributed by atoms with Crippen molar-refractivity contribution in [2.75, 3.05) is 13.2 Å². The van der Waals surface area contributed by atoms with Crippen LogP contribution >= 0.6 is 34.0 Å². The van der Waals surface area contributed by atoms with E-state index in [1.165, 1.54) is 40.9 Å². The minimum absolute atomic E-state index is 0.146. The molecule has 0 atom stereocenters. The van der Waals surface area contributed by atoms with Crippen LogP contribution in [-0.2, 0) is 9.47 Å². The van der Waals surface area contributed by atoms with Gasteiger partial charge in [-0.3, -0.25) is 4.79 Å². The topological polar surface area (TPSA) is 121 Å². The minimum atomic E-state index is -0.502. The maximum atomic E-state index is 12.1. The lowest BCUT2D eigenvalue weighted by molar-refractivity contribution is 0.0511. The van der Waals surface area contributed by atoms with Gasteiger partial charge in [-0.1, -0.05) is 0 Å². The average molecular weight is 515 g/mol. The molecule has 0 amide bonds. The number of esters is 2. The highest BCUT2D eigenvalue weighted by Crippen LogP contribution is 2.36. The molecule has 0 aliphatic rings. The van der Waals surface area contributed by atoms with Gasteiger partial charge in [0.15, 0.2) is 22.2 Å². The number of nitrogens with zero attached hydrogens (tertiary/aromatic N) is 4. The largest absolute Gasteiger partial charge is 0.461 e. The molecule has 0 N–H and O–H groups in total. The quantitative estimate of drug-likeness (QED) is 0.236. The predicted molar refractivity (Wildman–Crippen MR) is 129 cm³/mol. The first kappa shape index (κ1) is 23.8. The number of ketones is 1. The van der Waals surface area contributed by atoms with Gasteiger partial charge in [0, 0.05) is 28.6 Å². The Morgan fingerprint density at radius 3 is 1.97 bits per heavy atom. The number of Topliss-reactive ketones (excluding diaryl/α,β-unsaturated/α-hetero) is 1. The molecular formula is C22H18N4O5S3. The Balaban J connectivity index is 1.78. The normalized spacial score (nSPS) is 10.8. The summed E-state index contributed by atoms with van der Waals surface area (Å²) in [7, 11) is 0. The van der Waals surface area contributed by atoms with Crippen molar-refractivity contribution >= 4 is 51.7 Å². The summed E-state index contributed by atoms with van der Waals surface area (Å²) in [4.78, 5) is 53.8. The van der Waals surface area contributed by atoms with Crippen LogP contribution in [0.4, 0.5) is 0 Å². The van der Waals surface area contributed by atoms with Crippen molar-refractivity contribution in [3.05, 3.63) is 44.7 Å². The van der Waals surface area contributed by atoms with Gasteiger partial charge in [-0.25, -0.2) is 29.5 Å². The fourth-order valence-electron chi connectivity index (χ4n) is 2.88. The Hall–Kier alpha value is -3.35. The third-order valence-corrected chi connectivity index (χ3v) is 7.05. The van der Waals surface area contributed by atoms with Crippen molar-refractivity contribution in [1.29, 1.82) is 0 Å². The molecule has 174 valence electrons. The first-order chi connectivity index (χ1) is 16.4. The van der Waals surface area contributed by atoms with Gasteiger partial charge in [-0.05, 0) is 26.0 Å². The molecule has 0 aliphatic heterocycles. The van der Waals surface area contributed by atoms with Gasteiger partial charge in [-0.15, -0.1) is 34.0 Å². The molecular weight excluding hydrogens is 496 g/mol. The van der Waals surface area contributed by atoms with Gasteiger partial charge < -0.3 is 9.47 Å². The minimum Gasteiger partial charge on any atom is -0.461 e. The van der Waals surface area contributed by atoms with Crippen LogP contribution in [-0.4, -0.2) is 50.9 Å². The molecule has 0 bridgehead atoms. The summed E-state index contributed by atoms with van der Waals surface area (Å²) in [5.41, 5.74) is 2.58. The predicted octanol–water partition coefficient (Wildman–Crippen LogP) is 5.01. The molecule has 34 heavy (non-hydrogen) atoms. The summed E-state index contributed by atoms with van der Waals surface area (Å²) in [5, 5.41) is 6.44. The van der Waals surface area contributed by atoms with Crippen molar-refractivity contribution < 1.29 is 23.9 Å². The number of pyridine rings is 1. The lowest BCUT2D eigenvalue weighted by Gasteiger charge is -2.06. The van der Waals surface area contributed by atoms with Gasteiger partial charge in [0.1, 0.15) is 21.4 Å². The number of carbonyl (C=O) groups excluding carboxylic acids is 3. The van der Waals surface area contributed by atoms with Crippen LogP contribution in [0.15, 0.2) is 28.3 Å². The zero-order chi connectivity index (χ0) is 24.2. The standard InChI is InChI=1S/C22H18N4O5S3/c1-4-30-21(28)15-9-33-19(25-15)12-6-7-13(20-26-16(10-34-20)22(29)31-5-2)23-17(12)14-8-32-18(24-14)11(3)27/h6-10H,4-5H2,1-3H3. The highest BCUT2D eigenvalue weighted by Gasteiger charge is 2.21. The van der Waals surface area contributed by atoms with E-state index in [2.05, 4.69) is 15.0 Å². The van der Waals surface area contributed by atoms with Gasteiger partial charge in [-0.2, -0.15) is 0 Å². The number of thiazole rings is 3. The zero-order valence-electron chi connectivity index (χ0n) is 18.4. The third kappa shape index (κ3) is 4.93. The summed E-state index contributed by atoms with van der Waals surface area (Å²) in [5.74, 6) is -1.15. The second-order valence-corrected chi connectivity index (χ2v) is 9.28. The van der Waals surface area contributed by atoms with Gasteiger partial charge in [0.05, 0.1) is 18.9 Å². The van der Waals surface area contributed by atoms with Crippen LogP contribution in [0.5, 0.6) is 0 Å². The summed E-state index contributed by atoms with van der Waals surface area (Å²) in [6.45, 7) is 5.42. The van der Waals surface area contributed by atoms with E-state index < -0.39 is 11.9 Å². The SMILES string of the molecule is CCOC(=O)c1csc(-c2ccc(-c3nc(C(=O)OCC)cs3)c(-c3csc(C(C)=O)n3)n2)n1. The summed E-state index contributed by atoms with van der Waals surface area (Å²) in [6.07, 6.45) is 0. The van der Waals surface area contributed by atoms with Crippen LogP contribution in [0.1, 0.15) is 51.6 Å². The van der Waals surface area contributed by atoms with Crippen LogP contribution in [0.2, 0.25) is 0 Å². The van der Waals surface area contributed by atoms with E-state index in [9.17, 15) is 14.4 Å². The van der Waals surface area contributed by atoms with E-state index in [1.54, 1.807) is 36.1 Å². The van der Waals surface area contributed by atoms with Crippen molar-refractivity contribution in [3.8, 4) is 32.7 Å². The number of ether oxygens (including phenoxy) is 2. The van der Waals surface area contributed by atoms with E-state index in [-0.39, 0.29) is 30.4 Å². The Kier molecular flexibility index (Phi) is 7.20. The maximum absolute atomic E-state index is 12.1. The van der Waals surface area contributed by atoms with E-state index in [0.717, 1.165) is 0 Å². The van der Waals surface area contributed by atoms with Crippen LogP contribution < -0.4 is 0 Å². The maximum Gasteiger partial charge on any atom is 0.357 e. The fourth-order valence-corrected chi connectivity index (χ4v) is 5.15. The monoisotopic (exact) mass is 514 g/mol. The van der Waals surface area contributed by atoms with Crippen molar-refractivity contribution in [2.45, 2.75) is 20.8 Å². The Morgan fingerprint density at radius 2 is 1.38 bits per heavy atom. The van der Waals surface area contributed by atoms with Gasteiger partial charge in [0.2, 0.25) is 0 Å². The Bertz CT molecular complexity index is 1370. The van der Waals surface area contributed by atoms with Crippen molar-refractivity contribution in [2.24, 2.45) is 0 Å². The summed E-state index contributed by atoms with van der Waals surface area (Å²) >= 11 is 3.76. The fraction of sp³-hybridized carbons (Fsp3) is 0.227. The molecule has 0 aromatic carbocycles. The molecule has 0 saturated carbocycles. The highest BCUT2D eigenvalue weighted by molar-refractivity contribution is 7.14. The number of hydrogen-bond donors (Lipinski definition) is 0. The van der Waals surface area contributed by atoms with Crippen LogP contribution in [0.25, 0.3) is 32.7 Å². The first-order valence-electron chi connectivity index (χ1n) is 10.1. The number of aromatic nitrogens is 4. The molecule has 9 nitrogen and oxygen atoms in total. The molecule has 0 aliphatic carbocycles. The lowest BCUT2D eigenvalue weighted by Crippen LogP contribution is -2.05. The highest BCUT2D eigenvalue weighted by atomic mass is 32.1. The number of carbonyl (C=O) groups is 3. The van der Waals surface area contributed by atoms with Gasteiger partial charge >= 0.3 is 11.9 Å². The third-order valence-electron chi connectivity index (χ3n) is 4.37. The molecule has 0 unspecified atom stereocenters. The van der Waals surface area contributed by atoms with E-state index in [4.69, 9.17) is 14.5 Å². The second-order valence-electron chi connectivity index (χ2n) is 6.70. The number of hydrogen-bond acceptors (Lipinski definition) is 12. The molecule has 12 heteroatoms. The van der Waals surface area contributed by atoms with E-state index in [1.807, 2.05) is 6.07 Å². The molecule has 4 aromatic heterocycles. The molecule has 0 spiro atoms. The van der Waals surface area contributed by atoms with E-state index in [0.29, 0.717) is 37.7 Å². The molecule has 0 radical (unpaired) electrons. The zero-order valence-corrected chi connectivity index (χ0v) is 20.8. The van der Waals surface area contributed by atoms with Crippen LogP contribution in [0.3, 0.4) is 0 Å². The molecule has 4 rings (SSSR count). The molecule has 4 aromatic rings. The van der Waals surface area contributed by atoms with Crippen molar-refractivity contribution in [1.82, 2.24) is 19.9 Å². The van der Waals surface area contributed by atoms with Crippen molar-refractivity contribution in [3.63, 3.8) is 0 Å². The number of rotatable bonds is 8. The summed E-state index contributed by atoms with van der Waals surface area (Å²) in [6, 6.07) is 3.57. The van der Waals surface area contributed by atoms with Gasteiger partial charge in [0.25, 0.3) is 0 Å². The van der Waals surface area contributed by atoms with E-state index >= 15 is 0 Å². The molecule has 0 saturated heterocycles. The Morgan fingerprint density at radius 1 is 0.765 bits per heavy atom. The molecule has 0 fully saturated rings. The smallest absolute Gasteiger partial charge is 0.357 e. The van der Waals surface area contributed by atoms with Crippen LogP contribution in [0, 0.1) is 0 Å². The molecule has 4 heterocycles. The lowest BCUT2D eigenvalue weighted by atomic mass is 10.1. The Labute approximate surface area is 206 Å². The second kappa shape index (κ2) is 10.3. The average Bonchev–Trinajstić information content (AvgIpc) is 3.60. The first-order valence-corrected chi connectivity index (χ1v) is 12.8.